The number of nitrogens with two attached hydrogens (primary N) is 1. The number of hydrogen-bond donors (Lipinski definition) is 1. The molecule has 3 nitrogen and oxygen atoms in total. The number of rotatable bonds is 3. The van der Waals surface area contributed by atoms with Gasteiger partial charge < -0.3 is 5.73 Å². The molecule has 0 saturated heterocycles. The van der Waals surface area contributed by atoms with E-state index < -0.39 is 0 Å². The lowest BCUT2D eigenvalue weighted by Gasteiger charge is -2.14. The topological polar surface area (TPSA) is 55.4 Å². The average Bonchev–Trinajstić information content (AvgIpc) is 2.30. The van der Waals surface area contributed by atoms with Crippen molar-refractivity contribution in [2.24, 2.45) is 16.6 Å². The zero-order valence-electron chi connectivity index (χ0n) is 7.41. The number of amidine groups is 1. The van der Waals surface area contributed by atoms with Crippen molar-refractivity contribution < 1.29 is 4.79 Å². The van der Waals surface area contributed by atoms with Crippen LogP contribution in [0.15, 0.2) is 4.99 Å². The fraction of sp³-hybridized carbons (Fsp3) is 0.750. The molecule has 0 aromatic carbocycles. The first kappa shape index (κ1) is 9.58. The summed E-state index contributed by atoms with van der Waals surface area (Å²) < 4.78 is 0. The predicted octanol–water partition coefficient (Wildman–Crippen LogP) is 1.38. The minimum atomic E-state index is -0.0570. The van der Waals surface area contributed by atoms with Gasteiger partial charge in [-0.15, -0.1) is 0 Å². The van der Waals surface area contributed by atoms with Crippen LogP contribution >= 0.6 is 11.8 Å². The van der Waals surface area contributed by atoms with E-state index in [9.17, 15) is 4.79 Å². The maximum absolute atomic E-state index is 11.2. The molecular formula is C8H14N2OS. The van der Waals surface area contributed by atoms with Crippen molar-refractivity contribution in [1.82, 2.24) is 0 Å². The first-order chi connectivity index (χ1) is 5.65. The molecule has 0 unspecified atom stereocenters. The van der Waals surface area contributed by atoms with Crippen molar-refractivity contribution in [3.05, 3.63) is 0 Å². The molecule has 1 rings (SSSR count). The van der Waals surface area contributed by atoms with E-state index in [0.717, 1.165) is 12.8 Å². The van der Waals surface area contributed by atoms with Crippen LogP contribution < -0.4 is 5.73 Å². The maximum atomic E-state index is 11.2. The molecule has 1 amide bonds. The Labute approximate surface area is 76.8 Å². The van der Waals surface area contributed by atoms with Gasteiger partial charge in [0.2, 0.25) is 0 Å². The third kappa shape index (κ3) is 2.00. The molecule has 0 spiro atoms. The van der Waals surface area contributed by atoms with E-state index in [0.29, 0.717) is 11.1 Å². The Kier molecular flexibility index (Phi) is 3.14. The van der Waals surface area contributed by atoms with Gasteiger partial charge in [0.15, 0.2) is 5.17 Å². The lowest BCUT2D eigenvalue weighted by atomic mass is 10.0. The third-order valence-corrected chi connectivity index (χ3v) is 3.23. The second kappa shape index (κ2) is 3.94. The molecule has 0 bridgehead atoms. The SMILES string of the molecule is CCC[C@@H](C)[C@@H]1SC(N)=NC1=O. The van der Waals surface area contributed by atoms with Crippen LogP contribution in [0, 0.1) is 5.92 Å². The highest BCUT2D eigenvalue weighted by atomic mass is 32.2. The number of thioether (sulfide) groups is 1. The number of amides is 1. The molecule has 0 aromatic rings. The van der Waals surface area contributed by atoms with Crippen LogP contribution in [-0.4, -0.2) is 16.3 Å². The Morgan fingerprint density at radius 3 is 2.83 bits per heavy atom. The molecule has 0 saturated carbocycles. The number of nitrogens with zero attached hydrogens (tertiary/aromatic N) is 1. The lowest BCUT2D eigenvalue weighted by Crippen LogP contribution is -2.20. The van der Waals surface area contributed by atoms with Gasteiger partial charge in [0.25, 0.3) is 5.91 Å². The van der Waals surface area contributed by atoms with Gasteiger partial charge in [0, 0.05) is 0 Å². The zero-order chi connectivity index (χ0) is 9.14. The molecule has 12 heavy (non-hydrogen) atoms. The fourth-order valence-corrected chi connectivity index (χ4v) is 2.27. The summed E-state index contributed by atoms with van der Waals surface area (Å²) in [5.74, 6) is 0.329. The Morgan fingerprint density at radius 2 is 2.42 bits per heavy atom. The summed E-state index contributed by atoms with van der Waals surface area (Å²) in [6.07, 6.45) is 2.16. The summed E-state index contributed by atoms with van der Waals surface area (Å²) in [4.78, 5) is 14.9. The van der Waals surface area contributed by atoms with Crippen LogP contribution in [-0.2, 0) is 4.79 Å². The van der Waals surface area contributed by atoms with Crippen LogP contribution in [0.1, 0.15) is 26.7 Å². The van der Waals surface area contributed by atoms with Gasteiger partial charge in [0.05, 0.1) is 5.25 Å². The Hall–Kier alpha value is -0.510. The third-order valence-electron chi connectivity index (χ3n) is 1.97. The van der Waals surface area contributed by atoms with E-state index >= 15 is 0 Å². The first-order valence-electron chi connectivity index (χ1n) is 4.19. The monoisotopic (exact) mass is 186 g/mol. The summed E-state index contributed by atoms with van der Waals surface area (Å²) in [7, 11) is 0. The van der Waals surface area contributed by atoms with Crippen molar-refractivity contribution in [3.8, 4) is 0 Å². The number of carbonyl (C=O) groups excluding carboxylic acids is 1. The number of hydrogen-bond acceptors (Lipinski definition) is 3. The summed E-state index contributed by atoms with van der Waals surface area (Å²) in [5, 5.41) is 0.401. The minimum Gasteiger partial charge on any atom is -0.378 e. The van der Waals surface area contributed by atoms with E-state index in [1.807, 2.05) is 0 Å². The largest absolute Gasteiger partial charge is 0.378 e. The molecule has 0 fully saturated rings. The molecule has 1 aliphatic rings. The van der Waals surface area contributed by atoms with Gasteiger partial charge in [-0.1, -0.05) is 32.0 Å². The molecule has 2 atom stereocenters. The van der Waals surface area contributed by atoms with E-state index in [1.54, 1.807) is 0 Å². The highest BCUT2D eigenvalue weighted by molar-refractivity contribution is 8.15. The van der Waals surface area contributed by atoms with E-state index in [2.05, 4.69) is 18.8 Å². The molecule has 0 aromatic heterocycles. The Morgan fingerprint density at radius 1 is 1.75 bits per heavy atom. The summed E-state index contributed by atoms with van der Waals surface area (Å²) in [6.45, 7) is 4.19. The van der Waals surface area contributed by atoms with Gasteiger partial charge in [-0.3, -0.25) is 4.79 Å². The van der Waals surface area contributed by atoms with Crippen LogP contribution in [0.25, 0.3) is 0 Å². The normalized spacial score (nSPS) is 25.7. The van der Waals surface area contributed by atoms with E-state index in [-0.39, 0.29) is 11.2 Å². The van der Waals surface area contributed by atoms with Crippen LogP contribution in [0.3, 0.4) is 0 Å². The van der Waals surface area contributed by atoms with Crippen LogP contribution in [0.5, 0.6) is 0 Å². The maximum Gasteiger partial charge on any atom is 0.261 e. The molecule has 2 N–H and O–H groups in total. The van der Waals surface area contributed by atoms with Crippen molar-refractivity contribution >= 4 is 22.8 Å². The highest BCUT2D eigenvalue weighted by Gasteiger charge is 2.31. The fourth-order valence-electron chi connectivity index (χ4n) is 1.35. The van der Waals surface area contributed by atoms with Gasteiger partial charge in [0.1, 0.15) is 0 Å². The van der Waals surface area contributed by atoms with Gasteiger partial charge >= 0.3 is 0 Å². The molecular weight excluding hydrogens is 172 g/mol. The second-order valence-electron chi connectivity index (χ2n) is 3.09. The lowest BCUT2D eigenvalue weighted by molar-refractivity contribution is -0.117. The van der Waals surface area contributed by atoms with Crippen molar-refractivity contribution in [1.29, 1.82) is 0 Å². The quantitative estimate of drug-likeness (QED) is 0.724. The molecule has 0 aliphatic carbocycles. The van der Waals surface area contributed by atoms with Crippen molar-refractivity contribution in [2.75, 3.05) is 0 Å². The molecule has 1 aliphatic heterocycles. The standard InChI is InChI=1S/C8H14N2OS/c1-3-4-5(2)6-7(11)10-8(9)12-6/h5-6H,3-4H2,1-2H3,(H2,9,10,11)/t5-,6+/m1/s1. The van der Waals surface area contributed by atoms with Crippen LogP contribution in [0.2, 0.25) is 0 Å². The van der Waals surface area contributed by atoms with E-state index in [1.165, 1.54) is 11.8 Å². The van der Waals surface area contributed by atoms with Gasteiger partial charge in [-0.25, -0.2) is 0 Å². The van der Waals surface area contributed by atoms with E-state index in [4.69, 9.17) is 5.73 Å². The number of carbonyl (C=O) groups is 1. The first-order valence-corrected chi connectivity index (χ1v) is 5.07. The molecule has 68 valence electrons. The Balaban J connectivity index is 2.51. The number of aliphatic imine (C=N–C) groups is 1. The van der Waals surface area contributed by atoms with Crippen molar-refractivity contribution in [3.63, 3.8) is 0 Å². The van der Waals surface area contributed by atoms with Gasteiger partial charge in [-0.2, -0.15) is 4.99 Å². The predicted molar refractivity (Wildman–Crippen MR) is 52.1 cm³/mol. The second-order valence-corrected chi connectivity index (χ2v) is 4.25. The summed E-state index contributed by atoms with van der Waals surface area (Å²) >= 11 is 1.40. The van der Waals surface area contributed by atoms with Crippen LogP contribution in [0.4, 0.5) is 0 Å². The van der Waals surface area contributed by atoms with Gasteiger partial charge in [-0.05, 0) is 12.3 Å². The smallest absolute Gasteiger partial charge is 0.261 e. The molecule has 4 heteroatoms. The summed E-state index contributed by atoms with van der Waals surface area (Å²) in [6, 6.07) is 0. The minimum absolute atomic E-state index is 0.0232. The van der Waals surface area contributed by atoms with Crippen molar-refractivity contribution in [2.45, 2.75) is 31.9 Å². The Bertz CT molecular complexity index is 215. The zero-order valence-corrected chi connectivity index (χ0v) is 8.23. The summed E-state index contributed by atoms with van der Waals surface area (Å²) in [5.41, 5.74) is 5.44. The molecule has 1 heterocycles. The average molecular weight is 186 g/mol. The highest BCUT2D eigenvalue weighted by Crippen LogP contribution is 2.28. The molecule has 0 radical (unpaired) electrons.